The Kier molecular flexibility index (Phi) is 21.9. The Labute approximate surface area is 468 Å². The molecule has 4 fully saturated rings. The number of aliphatic hydroxyl groups excluding tert-OH is 3. The molecule has 4 aliphatic rings. The van der Waals surface area contributed by atoms with Crippen LogP contribution < -0.4 is 46.9 Å². The van der Waals surface area contributed by atoms with Crippen molar-refractivity contribution >= 4 is 52.7 Å². The summed E-state index contributed by atoms with van der Waals surface area (Å²) in [5.41, 5.74) is 9.23. The minimum atomic E-state index is -1.67. The van der Waals surface area contributed by atoms with E-state index in [1.165, 1.54) is 63.0 Å². The number of carbonyl (C=O) groups excluding carboxylic acids is 7. The third-order valence-electron chi connectivity index (χ3n) is 15.5. The minimum Gasteiger partial charge on any atom is -0.508 e. The summed E-state index contributed by atoms with van der Waals surface area (Å²) in [5, 5.41) is 56.1. The van der Waals surface area contributed by atoms with E-state index in [1.807, 2.05) is 24.3 Å². The topological polar surface area (TPSA) is 309 Å². The summed E-state index contributed by atoms with van der Waals surface area (Å²) in [6.07, 6.45) is 2.92. The van der Waals surface area contributed by atoms with E-state index in [1.54, 1.807) is 24.3 Å². The van der Waals surface area contributed by atoms with Gasteiger partial charge in [0.2, 0.25) is 35.4 Å². The van der Waals surface area contributed by atoms with Crippen molar-refractivity contribution in [3.05, 3.63) is 83.9 Å². The molecule has 7 amide bonds. The maximum atomic E-state index is 14.4. The molecule has 4 aliphatic heterocycles. The molecule has 0 radical (unpaired) electrons. The highest BCUT2D eigenvalue weighted by atomic mass is 16.5. The molecule has 0 aromatic heterocycles. The number of aliphatic hydroxyl groups is 3. The molecule has 0 saturated carbocycles. The largest absolute Gasteiger partial charge is 0.508 e. The van der Waals surface area contributed by atoms with Crippen molar-refractivity contribution in [2.45, 2.75) is 158 Å². The zero-order valence-corrected chi connectivity index (χ0v) is 46.3. The van der Waals surface area contributed by atoms with E-state index < -0.39 is 102 Å². The molecule has 4 heterocycles. The highest BCUT2D eigenvalue weighted by Crippen LogP contribution is 2.26. The fraction of sp³-hybridized carbons (Fsp3) is 0.569. The predicted molar refractivity (Wildman–Crippen MR) is 299 cm³/mol. The molecule has 7 rings (SSSR count). The van der Waals surface area contributed by atoms with Gasteiger partial charge >= 0.3 is 0 Å². The maximum absolute atomic E-state index is 14.4. The van der Waals surface area contributed by atoms with Crippen LogP contribution in [0.3, 0.4) is 0 Å². The van der Waals surface area contributed by atoms with E-state index in [2.05, 4.69) is 55.4 Å². The number of phenols is 1. The highest BCUT2D eigenvalue weighted by Gasteiger charge is 2.46. The first-order valence-electron chi connectivity index (χ1n) is 28.4. The normalized spacial score (nSPS) is 25.5. The van der Waals surface area contributed by atoms with Crippen molar-refractivity contribution in [3.63, 3.8) is 0 Å². The molecular weight excluding hydrogens is 1030 g/mol. The molecule has 10 atom stereocenters. The van der Waals surface area contributed by atoms with E-state index in [0.29, 0.717) is 12.2 Å². The number of ether oxygens (including phenoxy) is 1. The van der Waals surface area contributed by atoms with Crippen molar-refractivity contribution in [2.24, 2.45) is 5.73 Å². The van der Waals surface area contributed by atoms with Crippen LogP contribution in [0.5, 0.6) is 11.5 Å². The number of rotatable bonds is 17. The van der Waals surface area contributed by atoms with Gasteiger partial charge in [0.15, 0.2) is 0 Å². The Balaban J connectivity index is 1.05. The van der Waals surface area contributed by atoms with Gasteiger partial charge < -0.3 is 77.1 Å². The van der Waals surface area contributed by atoms with Gasteiger partial charge in [0, 0.05) is 75.2 Å². The standard InChI is InChI=1S/C58H82N10O12/c1-4-5-6-7-8-9-31-80-45-23-19-42(20-24-45)66-29-27-65(28-30-66)41-17-15-39(16-18-41)52(73)61-46-11-10-26-60-55(76)48-32-40(59)34-67(48)57(78)50(36(2)69)64-54(75)47(25-14-38-12-21-43(71)22-13-38)62-56(77)49-33-44(72)35-68(49)58(79)51(37(3)70)63-53(46)74/h12-13,15-24,36-37,40,44,46-51,69-72H,4-11,14,25-35,59H2,1-3H3,(H,60,76)(H,61,73)(H,62,77)(H,63,74)(H,64,75)/t36?,37?,40-,44+,46-,47?,48?,49?,50?,51?/m0/s1. The summed E-state index contributed by atoms with van der Waals surface area (Å²) in [7, 11) is 0. The molecule has 3 aromatic rings. The second-order valence-electron chi connectivity index (χ2n) is 21.7. The zero-order chi connectivity index (χ0) is 57.5. The van der Waals surface area contributed by atoms with E-state index in [4.69, 9.17) is 10.5 Å². The number of fused-ring (bicyclic) bond motifs is 2. The molecule has 80 heavy (non-hydrogen) atoms. The number of benzene rings is 3. The van der Waals surface area contributed by atoms with Crippen molar-refractivity contribution in [1.82, 2.24) is 36.4 Å². The monoisotopic (exact) mass is 1110 g/mol. The number of nitrogens with two attached hydrogens (primary N) is 1. The van der Waals surface area contributed by atoms with Gasteiger partial charge in [0.25, 0.3) is 5.91 Å². The van der Waals surface area contributed by atoms with Crippen LogP contribution in [0.4, 0.5) is 11.4 Å². The molecule has 0 aliphatic carbocycles. The molecular formula is C58H82N10O12. The fourth-order valence-corrected chi connectivity index (χ4v) is 10.8. The summed E-state index contributed by atoms with van der Waals surface area (Å²) in [6.45, 7) is 8.01. The lowest BCUT2D eigenvalue weighted by Crippen LogP contribution is -2.61. The smallest absolute Gasteiger partial charge is 0.251 e. The summed E-state index contributed by atoms with van der Waals surface area (Å²) >= 11 is 0. The number of nitrogens with zero attached hydrogens (tertiary/aromatic N) is 4. The number of hydrogen-bond acceptors (Lipinski definition) is 15. The van der Waals surface area contributed by atoms with Crippen LogP contribution in [-0.2, 0) is 35.2 Å². The molecule has 22 heteroatoms. The molecule has 0 spiro atoms. The summed E-state index contributed by atoms with van der Waals surface area (Å²) < 4.78 is 5.99. The SMILES string of the molecule is CCCCCCCCOc1ccc(N2CCN(c3ccc(C(=O)N[C@H]4CCCNC(=O)C5C[C@H](N)CN5C(=O)C(C(C)O)NC(=O)C(CCc5ccc(O)cc5)NC(=O)C5C[C@@H](O)CN5C(=O)C(C(C)O)NC4=O)cc3)CC2)cc1. The van der Waals surface area contributed by atoms with Crippen LogP contribution in [0.2, 0.25) is 0 Å². The van der Waals surface area contributed by atoms with Crippen LogP contribution in [0.15, 0.2) is 72.8 Å². The number of unbranched alkanes of at least 4 members (excludes halogenated alkanes) is 5. The average Bonchev–Trinajstić information content (AvgIpc) is 4.05. The van der Waals surface area contributed by atoms with E-state index in [-0.39, 0.29) is 69.5 Å². The average molecular weight is 1110 g/mol. The van der Waals surface area contributed by atoms with Gasteiger partial charge in [-0.3, -0.25) is 33.6 Å². The summed E-state index contributed by atoms with van der Waals surface area (Å²) in [6, 6.07) is 12.2. The number of hydrogen-bond donors (Lipinski definition) is 10. The van der Waals surface area contributed by atoms with Crippen molar-refractivity contribution in [3.8, 4) is 11.5 Å². The number of aromatic hydroxyl groups is 1. The number of amides is 7. The number of anilines is 2. The molecule has 3 aromatic carbocycles. The quantitative estimate of drug-likeness (QED) is 0.0850. The summed E-state index contributed by atoms with van der Waals surface area (Å²) in [4.78, 5) is 106. The summed E-state index contributed by atoms with van der Waals surface area (Å²) in [5.74, 6) is -4.65. The van der Waals surface area contributed by atoms with Gasteiger partial charge in [-0.15, -0.1) is 0 Å². The first-order chi connectivity index (χ1) is 38.4. The van der Waals surface area contributed by atoms with E-state index >= 15 is 0 Å². The Hall–Kier alpha value is -7.01. The Morgan fingerprint density at radius 2 is 1.26 bits per heavy atom. The molecule has 4 saturated heterocycles. The molecule has 22 nitrogen and oxygen atoms in total. The Morgan fingerprint density at radius 1 is 0.700 bits per heavy atom. The van der Waals surface area contributed by atoms with Crippen LogP contribution in [0.25, 0.3) is 0 Å². The molecule has 0 bridgehead atoms. The number of nitrogens with one attached hydrogen (secondary N) is 5. The fourth-order valence-electron chi connectivity index (χ4n) is 10.8. The molecule has 7 unspecified atom stereocenters. The number of aryl methyl sites for hydroxylation is 1. The Morgan fingerprint density at radius 3 is 1.88 bits per heavy atom. The van der Waals surface area contributed by atoms with Crippen molar-refractivity contribution in [2.75, 3.05) is 62.2 Å². The van der Waals surface area contributed by atoms with Crippen LogP contribution in [0.1, 0.15) is 107 Å². The predicted octanol–water partition coefficient (Wildman–Crippen LogP) is 1.21. The Bertz CT molecular complexity index is 2560. The third-order valence-corrected chi connectivity index (χ3v) is 15.5. The number of phenolic OH excluding ortho intramolecular Hbond substituents is 1. The van der Waals surface area contributed by atoms with Gasteiger partial charge in [0.1, 0.15) is 47.8 Å². The number of piperazine rings is 1. The van der Waals surface area contributed by atoms with Gasteiger partial charge in [-0.2, -0.15) is 0 Å². The van der Waals surface area contributed by atoms with Gasteiger partial charge in [-0.25, -0.2) is 0 Å². The lowest BCUT2D eigenvalue weighted by atomic mass is 10.0. The lowest BCUT2D eigenvalue weighted by molar-refractivity contribution is -0.145. The van der Waals surface area contributed by atoms with E-state index in [9.17, 15) is 54.0 Å². The first-order valence-corrected chi connectivity index (χ1v) is 28.4. The second-order valence-corrected chi connectivity index (χ2v) is 21.7. The van der Waals surface area contributed by atoms with Crippen molar-refractivity contribution in [1.29, 1.82) is 0 Å². The van der Waals surface area contributed by atoms with Crippen LogP contribution in [0, 0.1) is 0 Å². The second kappa shape index (κ2) is 28.9. The zero-order valence-electron chi connectivity index (χ0n) is 46.3. The van der Waals surface area contributed by atoms with Crippen molar-refractivity contribution < 1.29 is 58.7 Å². The lowest BCUT2D eigenvalue weighted by Gasteiger charge is -2.37. The van der Waals surface area contributed by atoms with Crippen LogP contribution in [-0.4, -0.2) is 185 Å². The first kappa shape index (κ1) is 60.6. The molecule has 11 N–H and O–H groups in total. The molecule has 436 valence electrons. The van der Waals surface area contributed by atoms with E-state index in [0.717, 1.165) is 54.6 Å². The number of carbonyl (C=O) groups is 7. The minimum absolute atomic E-state index is 0.00579. The van der Waals surface area contributed by atoms with Crippen LogP contribution >= 0.6 is 0 Å². The third kappa shape index (κ3) is 16.3. The van der Waals surface area contributed by atoms with Gasteiger partial charge in [0.05, 0.1) is 24.9 Å². The van der Waals surface area contributed by atoms with Gasteiger partial charge in [-0.1, -0.05) is 51.2 Å². The highest BCUT2D eigenvalue weighted by molar-refractivity contribution is 6.00. The van der Waals surface area contributed by atoms with Gasteiger partial charge in [-0.05, 0) is 119 Å². The maximum Gasteiger partial charge on any atom is 0.251 e.